The van der Waals surface area contributed by atoms with Crippen molar-refractivity contribution in [2.24, 2.45) is 0 Å². The first kappa shape index (κ1) is 16.9. The summed E-state index contributed by atoms with van der Waals surface area (Å²) in [7, 11) is 0. The minimum Gasteiger partial charge on any atom is -0.424 e. The molecule has 0 radical (unpaired) electrons. The normalized spacial score (nSPS) is 18.3. The molecule has 4 rings (SSSR count). The molecule has 1 aromatic carbocycles. The predicted molar refractivity (Wildman–Crippen MR) is 95.5 cm³/mol. The van der Waals surface area contributed by atoms with E-state index in [1.807, 2.05) is 42.2 Å². The maximum atomic E-state index is 5.87. The molecule has 7 heteroatoms. The fraction of sp³-hybridized carbons (Fsp3) is 0.421. The van der Waals surface area contributed by atoms with Gasteiger partial charge in [0, 0.05) is 19.3 Å². The molecule has 0 N–H and O–H groups in total. The zero-order chi connectivity index (χ0) is 17.8. The maximum absolute atomic E-state index is 5.87. The van der Waals surface area contributed by atoms with E-state index in [4.69, 9.17) is 9.15 Å². The largest absolute Gasteiger partial charge is 0.424 e. The summed E-state index contributed by atoms with van der Waals surface area (Å²) in [5.74, 6) is 1.31. The zero-order valence-corrected chi connectivity index (χ0v) is 14.9. The number of ether oxygens (including phenoxy) is 1. The summed E-state index contributed by atoms with van der Waals surface area (Å²) in [6, 6.07) is 10.2. The summed E-state index contributed by atoms with van der Waals surface area (Å²) in [6.45, 7) is 5.85. The van der Waals surface area contributed by atoms with Gasteiger partial charge in [0.05, 0.1) is 38.4 Å². The Labute approximate surface area is 152 Å². The van der Waals surface area contributed by atoms with Crippen molar-refractivity contribution in [2.45, 2.75) is 32.5 Å². The van der Waals surface area contributed by atoms with E-state index in [1.165, 1.54) is 5.56 Å². The number of rotatable bonds is 6. The third-order valence-corrected chi connectivity index (χ3v) is 4.44. The molecule has 0 amide bonds. The van der Waals surface area contributed by atoms with Gasteiger partial charge in [0.2, 0.25) is 11.8 Å². The first-order valence-corrected chi connectivity index (χ1v) is 8.93. The van der Waals surface area contributed by atoms with Crippen molar-refractivity contribution in [3.63, 3.8) is 0 Å². The van der Waals surface area contributed by atoms with Gasteiger partial charge in [-0.25, -0.2) is 0 Å². The highest BCUT2D eigenvalue weighted by atomic mass is 16.5. The third-order valence-electron chi connectivity index (χ3n) is 4.44. The number of aryl methyl sites for hydroxylation is 1. The number of nitrogens with zero attached hydrogens (tertiary/aromatic N) is 5. The van der Waals surface area contributed by atoms with Crippen LogP contribution in [-0.4, -0.2) is 50.7 Å². The molecule has 1 aliphatic heterocycles. The topological polar surface area (TPSA) is 69.2 Å². The molecule has 3 heterocycles. The molecule has 0 bridgehead atoms. The van der Waals surface area contributed by atoms with Gasteiger partial charge in [-0.2, -0.15) is 5.10 Å². The van der Waals surface area contributed by atoms with Crippen molar-refractivity contribution >= 4 is 0 Å². The van der Waals surface area contributed by atoms with Crippen LogP contribution in [0.5, 0.6) is 0 Å². The highest BCUT2D eigenvalue weighted by molar-refractivity contribution is 5.17. The van der Waals surface area contributed by atoms with E-state index in [-0.39, 0.29) is 6.10 Å². The van der Waals surface area contributed by atoms with E-state index in [0.717, 1.165) is 25.2 Å². The Balaban J connectivity index is 1.32. The molecule has 0 saturated carbocycles. The molecule has 3 aromatic rings. The van der Waals surface area contributed by atoms with Gasteiger partial charge in [-0.05, 0) is 18.1 Å². The molecule has 26 heavy (non-hydrogen) atoms. The lowest BCUT2D eigenvalue weighted by atomic mass is 10.2. The molecule has 136 valence electrons. The second-order valence-electron chi connectivity index (χ2n) is 6.72. The van der Waals surface area contributed by atoms with E-state index in [1.54, 1.807) is 0 Å². The van der Waals surface area contributed by atoms with Gasteiger partial charge in [0.25, 0.3) is 0 Å². The fourth-order valence-corrected chi connectivity index (χ4v) is 3.20. The predicted octanol–water partition coefficient (Wildman–Crippen LogP) is 2.07. The number of benzene rings is 1. The second kappa shape index (κ2) is 7.80. The highest BCUT2D eigenvalue weighted by Gasteiger charge is 2.23. The minimum absolute atomic E-state index is 0.120. The Bertz CT molecular complexity index is 829. The van der Waals surface area contributed by atoms with Crippen LogP contribution in [0.3, 0.4) is 0 Å². The van der Waals surface area contributed by atoms with Gasteiger partial charge in [-0.1, -0.05) is 30.3 Å². The van der Waals surface area contributed by atoms with Gasteiger partial charge in [-0.3, -0.25) is 9.58 Å². The lowest BCUT2D eigenvalue weighted by molar-refractivity contribution is -0.0423. The summed E-state index contributed by atoms with van der Waals surface area (Å²) in [6.07, 6.45) is 4.69. The number of morpholine rings is 1. The summed E-state index contributed by atoms with van der Waals surface area (Å²) < 4.78 is 13.6. The van der Waals surface area contributed by atoms with Crippen molar-refractivity contribution in [1.29, 1.82) is 0 Å². The number of hydrogen-bond donors (Lipinski definition) is 0. The lowest BCUT2D eigenvalue weighted by Crippen LogP contribution is -2.43. The van der Waals surface area contributed by atoms with Crippen LogP contribution < -0.4 is 0 Å². The van der Waals surface area contributed by atoms with Crippen LogP contribution in [0.25, 0.3) is 0 Å². The van der Waals surface area contributed by atoms with Gasteiger partial charge in [-0.15, -0.1) is 10.2 Å². The van der Waals surface area contributed by atoms with E-state index >= 15 is 0 Å². The van der Waals surface area contributed by atoms with Crippen LogP contribution in [-0.2, 0) is 24.2 Å². The molecule has 1 aliphatic rings. The van der Waals surface area contributed by atoms with Crippen molar-refractivity contribution < 1.29 is 9.15 Å². The summed E-state index contributed by atoms with van der Waals surface area (Å²) in [5.41, 5.74) is 2.33. The quantitative estimate of drug-likeness (QED) is 0.676. The molecule has 1 unspecified atom stereocenters. The molecular weight excluding hydrogens is 330 g/mol. The van der Waals surface area contributed by atoms with Crippen LogP contribution in [0.1, 0.15) is 22.9 Å². The minimum atomic E-state index is 0.120. The van der Waals surface area contributed by atoms with E-state index < -0.39 is 0 Å². The number of aromatic nitrogens is 4. The zero-order valence-electron chi connectivity index (χ0n) is 14.9. The van der Waals surface area contributed by atoms with E-state index in [0.29, 0.717) is 31.4 Å². The molecule has 0 aliphatic carbocycles. The molecular formula is C19H23N5O2. The van der Waals surface area contributed by atoms with Crippen LogP contribution in [0.4, 0.5) is 0 Å². The van der Waals surface area contributed by atoms with E-state index in [9.17, 15) is 0 Å². The average molecular weight is 353 g/mol. The molecule has 1 fully saturated rings. The van der Waals surface area contributed by atoms with Crippen molar-refractivity contribution in [3.8, 4) is 0 Å². The second-order valence-corrected chi connectivity index (χ2v) is 6.72. The van der Waals surface area contributed by atoms with Gasteiger partial charge in [0.15, 0.2) is 0 Å². The molecule has 7 nitrogen and oxygen atoms in total. The Morgan fingerprint density at radius 3 is 2.81 bits per heavy atom. The lowest BCUT2D eigenvalue weighted by Gasteiger charge is -2.31. The number of hydrogen-bond acceptors (Lipinski definition) is 6. The standard InChI is InChI=1S/C19H23N5O2/c1-15-10-20-24(11-15)13-17-12-23(7-8-25-17)14-19-22-21-18(26-19)9-16-5-3-2-4-6-16/h2-6,10-11,17H,7-9,12-14H2,1H3. The monoisotopic (exact) mass is 353 g/mol. The summed E-state index contributed by atoms with van der Waals surface area (Å²) in [4.78, 5) is 2.30. The van der Waals surface area contributed by atoms with Crippen LogP contribution in [0, 0.1) is 6.92 Å². The maximum Gasteiger partial charge on any atom is 0.230 e. The van der Waals surface area contributed by atoms with E-state index in [2.05, 4.69) is 32.3 Å². The van der Waals surface area contributed by atoms with Gasteiger partial charge in [0.1, 0.15) is 0 Å². The van der Waals surface area contributed by atoms with Gasteiger partial charge < -0.3 is 9.15 Å². The van der Waals surface area contributed by atoms with Crippen LogP contribution in [0.2, 0.25) is 0 Å². The van der Waals surface area contributed by atoms with Gasteiger partial charge >= 0.3 is 0 Å². The van der Waals surface area contributed by atoms with Crippen molar-refractivity contribution in [2.75, 3.05) is 19.7 Å². The van der Waals surface area contributed by atoms with Crippen molar-refractivity contribution in [1.82, 2.24) is 24.9 Å². The van der Waals surface area contributed by atoms with Crippen LogP contribution in [0.15, 0.2) is 47.1 Å². The fourth-order valence-electron chi connectivity index (χ4n) is 3.20. The Morgan fingerprint density at radius 1 is 1.15 bits per heavy atom. The summed E-state index contributed by atoms with van der Waals surface area (Å²) >= 11 is 0. The molecule has 1 saturated heterocycles. The third kappa shape index (κ3) is 4.36. The molecule has 0 spiro atoms. The SMILES string of the molecule is Cc1cnn(CC2CN(Cc3nnc(Cc4ccccc4)o3)CCO2)c1. The Kier molecular flexibility index (Phi) is 5.08. The summed E-state index contributed by atoms with van der Waals surface area (Å²) in [5, 5.41) is 12.7. The Morgan fingerprint density at radius 2 is 2.00 bits per heavy atom. The Hall–Kier alpha value is -2.51. The highest BCUT2D eigenvalue weighted by Crippen LogP contribution is 2.13. The molecule has 1 atom stereocenters. The van der Waals surface area contributed by atoms with Crippen molar-refractivity contribution in [3.05, 3.63) is 65.6 Å². The molecule has 2 aromatic heterocycles. The smallest absolute Gasteiger partial charge is 0.230 e. The van der Waals surface area contributed by atoms with Crippen LogP contribution >= 0.6 is 0 Å². The average Bonchev–Trinajstić information content (AvgIpc) is 3.25. The first-order chi connectivity index (χ1) is 12.7. The first-order valence-electron chi connectivity index (χ1n) is 8.93.